The van der Waals surface area contributed by atoms with Gasteiger partial charge in [0.25, 0.3) is 0 Å². The minimum absolute atomic E-state index is 0.0873. The summed E-state index contributed by atoms with van der Waals surface area (Å²) >= 11 is 0. The van der Waals surface area contributed by atoms with Crippen molar-refractivity contribution in [1.82, 2.24) is 9.97 Å². The van der Waals surface area contributed by atoms with Gasteiger partial charge in [0.15, 0.2) is 5.60 Å². The molecule has 7 heteroatoms. The van der Waals surface area contributed by atoms with Crippen LogP contribution in [0.15, 0.2) is 12.3 Å². The summed E-state index contributed by atoms with van der Waals surface area (Å²) < 4.78 is 43.8. The fraction of sp³-hybridized carbons (Fsp3) is 0.667. The van der Waals surface area contributed by atoms with Gasteiger partial charge in [-0.1, -0.05) is 0 Å². The van der Waals surface area contributed by atoms with Crippen LogP contribution < -0.4 is 4.90 Å². The molecule has 4 nitrogen and oxygen atoms in total. The van der Waals surface area contributed by atoms with Crippen LogP contribution >= 0.6 is 0 Å². The minimum atomic E-state index is -4.34. The maximum atomic E-state index is 13.0. The van der Waals surface area contributed by atoms with Crippen molar-refractivity contribution >= 4 is 5.82 Å². The third kappa shape index (κ3) is 2.65. The number of ether oxygens (including phenoxy) is 1. The summed E-state index contributed by atoms with van der Waals surface area (Å²) in [6.07, 6.45) is -2.90. The van der Waals surface area contributed by atoms with E-state index in [1.54, 1.807) is 19.2 Å². The smallest absolute Gasteiger partial charge is 0.369 e. The second-order valence-corrected chi connectivity index (χ2v) is 4.65. The van der Waals surface area contributed by atoms with Gasteiger partial charge in [-0.15, -0.1) is 0 Å². The van der Waals surface area contributed by atoms with Crippen molar-refractivity contribution in [3.8, 4) is 0 Å². The quantitative estimate of drug-likeness (QED) is 0.830. The first-order chi connectivity index (χ1) is 8.88. The van der Waals surface area contributed by atoms with Crippen molar-refractivity contribution in [3.63, 3.8) is 0 Å². The van der Waals surface area contributed by atoms with Gasteiger partial charge >= 0.3 is 6.18 Å². The summed E-state index contributed by atoms with van der Waals surface area (Å²) in [6, 6.07) is 1.71. The lowest BCUT2D eigenvalue weighted by molar-refractivity contribution is -0.276. The Bertz CT molecular complexity index is 442. The molecule has 1 aliphatic rings. The van der Waals surface area contributed by atoms with Crippen LogP contribution in [-0.4, -0.2) is 41.9 Å². The van der Waals surface area contributed by atoms with Crippen LogP contribution in [0, 0.1) is 6.92 Å². The highest BCUT2D eigenvalue weighted by Crippen LogP contribution is 2.41. The topological polar surface area (TPSA) is 38.2 Å². The first kappa shape index (κ1) is 14.0. The van der Waals surface area contributed by atoms with E-state index in [2.05, 4.69) is 9.97 Å². The molecule has 1 aromatic rings. The number of alkyl halides is 3. The first-order valence-electron chi connectivity index (χ1n) is 6.04. The lowest BCUT2D eigenvalue weighted by Gasteiger charge is -2.42. The molecule has 0 atom stereocenters. The van der Waals surface area contributed by atoms with E-state index >= 15 is 0 Å². The van der Waals surface area contributed by atoms with E-state index in [9.17, 15) is 13.2 Å². The molecule has 0 bridgehead atoms. The highest BCUT2D eigenvalue weighted by atomic mass is 19.4. The Morgan fingerprint density at radius 1 is 1.32 bits per heavy atom. The normalized spacial score (nSPS) is 19.5. The van der Waals surface area contributed by atoms with Crippen LogP contribution in [0.1, 0.15) is 18.7 Å². The van der Waals surface area contributed by atoms with Crippen molar-refractivity contribution in [2.45, 2.75) is 31.5 Å². The number of halogens is 3. The van der Waals surface area contributed by atoms with Crippen LogP contribution in [0.25, 0.3) is 0 Å². The molecule has 19 heavy (non-hydrogen) atoms. The molecule has 2 rings (SSSR count). The van der Waals surface area contributed by atoms with Gasteiger partial charge in [-0.3, -0.25) is 0 Å². The lowest BCUT2D eigenvalue weighted by Crippen LogP contribution is -2.54. The van der Waals surface area contributed by atoms with Crippen molar-refractivity contribution in [3.05, 3.63) is 18.1 Å². The highest BCUT2D eigenvalue weighted by molar-refractivity contribution is 5.38. The summed E-state index contributed by atoms with van der Waals surface area (Å²) in [5, 5.41) is 0. The van der Waals surface area contributed by atoms with Crippen molar-refractivity contribution < 1.29 is 17.9 Å². The Balaban J connectivity index is 2.10. The van der Waals surface area contributed by atoms with Crippen LogP contribution in [-0.2, 0) is 4.74 Å². The third-order valence-corrected chi connectivity index (χ3v) is 3.56. The van der Waals surface area contributed by atoms with Crippen molar-refractivity contribution in [2.75, 3.05) is 25.1 Å². The maximum absolute atomic E-state index is 13.0. The second-order valence-electron chi connectivity index (χ2n) is 4.65. The number of anilines is 1. The molecule has 0 saturated carbocycles. The highest BCUT2D eigenvalue weighted by Gasteiger charge is 2.56. The largest absolute Gasteiger partial charge is 0.417 e. The maximum Gasteiger partial charge on any atom is 0.417 e. The van der Waals surface area contributed by atoms with E-state index in [1.165, 1.54) is 0 Å². The predicted molar refractivity (Wildman–Crippen MR) is 64.0 cm³/mol. The number of aromatic nitrogens is 2. The number of piperidine rings is 1. The molecule has 0 unspecified atom stereocenters. The summed E-state index contributed by atoms with van der Waals surface area (Å²) in [5.41, 5.74) is -2.02. The molecule has 0 N–H and O–H groups in total. The van der Waals surface area contributed by atoms with Crippen LogP contribution in [0.3, 0.4) is 0 Å². The number of aryl methyl sites for hydroxylation is 1. The molecule has 0 amide bonds. The third-order valence-electron chi connectivity index (χ3n) is 3.56. The van der Waals surface area contributed by atoms with E-state index in [-0.39, 0.29) is 25.9 Å². The Kier molecular flexibility index (Phi) is 3.66. The molecule has 2 heterocycles. The van der Waals surface area contributed by atoms with Gasteiger partial charge < -0.3 is 9.64 Å². The van der Waals surface area contributed by atoms with Crippen LogP contribution in [0.2, 0.25) is 0 Å². The Hall–Kier alpha value is -1.37. The molecule has 1 fully saturated rings. The van der Waals surface area contributed by atoms with E-state index in [1.807, 2.05) is 4.90 Å². The number of hydrogen-bond acceptors (Lipinski definition) is 4. The molecule has 1 saturated heterocycles. The Morgan fingerprint density at radius 3 is 2.42 bits per heavy atom. The van der Waals surface area contributed by atoms with Crippen molar-refractivity contribution in [2.24, 2.45) is 0 Å². The number of methoxy groups -OCH3 is 1. The zero-order chi connectivity index (χ0) is 14.1. The molecular formula is C12H16F3N3O. The molecule has 0 spiro atoms. The van der Waals surface area contributed by atoms with Gasteiger partial charge in [-0.25, -0.2) is 9.97 Å². The standard InChI is InChI=1S/C12H16F3N3O/c1-9-16-6-3-10(17-9)18-7-4-11(19-2,5-8-18)12(13,14)15/h3,6H,4-5,7-8H2,1-2H3. The molecule has 1 aliphatic heterocycles. The first-order valence-corrected chi connectivity index (χ1v) is 6.04. The van der Waals surface area contributed by atoms with Gasteiger partial charge in [0.05, 0.1) is 0 Å². The Labute approximate surface area is 109 Å². The summed E-state index contributed by atoms with van der Waals surface area (Å²) in [7, 11) is 1.12. The van der Waals surface area contributed by atoms with Gasteiger partial charge in [0.2, 0.25) is 0 Å². The zero-order valence-electron chi connectivity index (χ0n) is 10.9. The van der Waals surface area contributed by atoms with E-state index < -0.39 is 11.8 Å². The molecule has 1 aromatic heterocycles. The van der Waals surface area contributed by atoms with Gasteiger partial charge in [0.1, 0.15) is 11.6 Å². The monoisotopic (exact) mass is 275 g/mol. The molecule has 0 aromatic carbocycles. The number of hydrogen-bond donors (Lipinski definition) is 0. The lowest BCUT2D eigenvalue weighted by atomic mass is 9.90. The molecule has 0 radical (unpaired) electrons. The van der Waals surface area contributed by atoms with Gasteiger partial charge in [-0.05, 0) is 13.0 Å². The number of nitrogens with zero attached hydrogens (tertiary/aromatic N) is 3. The summed E-state index contributed by atoms with van der Waals surface area (Å²) in [6.45, 7) is 2.29. The Morgan fingerprint density at radius 2 is 1.95 bits per heavy atom. The second kappa shape index (κ2) is 4.96. The van der Waals surface area contributed by atoms with Gasteiger partial charge in [0, 0.05) is 39.2 Å². The zero-order valence-corrected chi connectivity index (χ0v) is 10.9. The predicted octanol–water partition coefficient (Wildman–Crippen LogP) is 2.33. The molecule has 106 valence electrons. The fourth-order valence-corrected chi connectivity index (χ4v) is 2.32. The van der Waals surface area contributed by atoms with E-state index in [0.29, 0.717) is 11.6 Å². The minimum Gasteiger partial charge on any atom is -0.369 e. The van der Waals surface area contributed by atoms with E-state index in [4.69, 9.17) is 4.74 Å². The fourth-order valence-electron chi connectivity index (χ4n) is 2.32. The van der Waals surface area contributed by atoms with E-state index in [0.717, 1.165) is 7.11 Å². The molecular weight excluding hydrogens is 259 g/mol. The van der Waals surface area contributed by atoms with Crippen molar-refractivity contribution in [1.29, 1.82) is 0 Å². The summed E-state index contributed by atoms with van der Waals surface area (Å²) in [5.74, 6) is 1.27. The van der Waals surface area contributed by atoms with Crippen LogP contribution in [0.5, 0.6) is 0 Å². The molecule has 0 aliphatic carbocycles. The average Bonchev–Trinajstić information content (AvgIpc) is 2.37. The SMILES string of the molecule is COC1(C(F)(F)F)CCN(c2ccnc(C)n2)CC1. The van der Waals surface area contributed by atoms with Crippen LogP contribution in [0.4, 0.5) is 19.0 Å². The average molecular weight is 275 g/mol. The van der Waals surface area contributed by atoms with Gasteiger partial charge in [-0.2, -0.15) is 13.2 Å². The number of rotatable bonds is 2. The summed E-state index contributed by atoms with van der Waals surface area (Å²) in [4.78, 5) is 10.0.